The highest BCUT2D eigenvalue weighted by Gasteiger charge is 2.03. The molecule has 0 bridgehead atoms. The number of carbonyl (C=O) groups excluding carboxylic acids is 2. The van der Waals surface area contributed by atoms with Crippen molar-refractivity contribution in [1.29, 1.82) is 0 Å². The van der Waals surface area contributed by atoms with Crippen LogP contribution in [0.1, 0.15) is 13.3 Å². The monoisotopic (exact) mass is 280 g/mol. The number of rotatable bonds is 8. The Kier molecular flexibility index (Phi) is 6.95. The van der Waals surface area contributed by atoms with E-state index in [9.17, 15) is 9.59 Å². The Balaban J connectivity index is 2.17. The lowest BCUT2D eigenvalue weighted by Gasteiger charge is -2.08. The predicted octanol–water partition coefficient (Wildman–Crippen LogP) is 0.716. The minimum Gasteiger partial charge on any atom is -0.497 e. The summed E-state index contributed by atoms with van der Waals surface area (Å²) in [6.07, 6.45) is 0.685. The fourth-order valence-electron chi connectivity index (χ4n) is 1.47. The molecule has 0 heterocycles. The Labute approximate surface area is 118 Å². The van der Waals surface area contributed by atoms with Crippen molar-refractivity contribution < 1.29 is 19.1 Å². The summed E-state index contributed by atoms with van der Waals surface area (Å²) < 4.78 is 10.4. The molecule has 2 amide bonds. The van der Waals surface area contributed by atoms with Crippen LogP contribution in [0.5, 0.6) is 11.5 Å². The van der Waals surface area contributed by atoms with Crippen LogP contribution >= 0.6 is 0 Å². The Morgan fingerprint density at radius 2 is 1.85 bits per heavy atom. The molecule has 0 saturated carbocycles. The summed E-state index contributed by atoms with van der Waals surface area (Å²) >= 11 is 0. The SMILES string of the molecule is COc1cccc(OCC(=O)NCCCNC(C)=O)c1. The van der Waals surface area contributed by atoms with Crippen LogP contribution in [0.2, 0.25) is 0 Å². The van der Waals surface area contributed by atoms with E-state index in [1.165, 1.54) is 6.92 Å². The molecule has 110 valence electrons. The first kappa shape index (κ1) is 15.8. The normalized spacial score (nSPS) is 9.70. The van der Waals surface area contributed by atoms with Gasteiger partial charge in [-0.15, -0.1) is 0 Å². The third kappa shape index (κ3) is 6.63. The molecule has 0 aromatic heterocycles. The minimum atomic E-state index is -0.198. The molecule has 6 heteroatoms. The van der Waals surface area contributed by atoms with Crippen molar-refractivity contribution >= 4 is 11.8 Å². The third-order valence-electron chi connectivity index (χ3n) is 2.46. The molecule has 1 aromatic carbocycles. The molecule has 0 unspecified atom stereocenters. The van der Waals surface area contributed by atoms with Gasteiger partial charge in [0.25, 0.3) is 5.91 Å². The number of hydrogen-bond donors (Lipinski definition) is 2. The van der Waals surface area contributed by atoms with Crippen molar-refractivity contribution in [1.82, 2.24) is 10.6 Å². The predicted molar refractivity (Wildman–Crippen MR) is 74.8 cm³/mol. The zero-order valence-corrected chi connectivity index (χ0v) is 11.8. The number of carbonyl (C=O) groups is 2. The van der Waals surface area contributed by atoms with Gasteiger partial charge in [0.15, 0.2) is 6.61 Å². The van der Waals surface area contributed by atoms with Gasteiger partial charge in [0.2, 0.25) is 5.91 Å². The van der Waals surface area contributed by atoms with Crippen molar-refractivity contribution in [3.63, 3.8) is 0 Å². The zero-order valence-electron chi connectivity index (χ0n) is 11.8. The highest BCUT2D eigenvalue weighted by atomic mass is 16.5. The average Bonchev–Trinajstić information content (AvgIpc) is 2.44. The molecule has 6 nitrogen and oxygen atoms in total. The Morgan fingerprint density at radius 3 is 2.55 bits per heavy atom. The van der Waals surface area contributed by atoms with Gasteiger partial charge in [-0.2, -0.15) is 0 Å². The van der Waals surface area contributed by atoms with Gasteiger partial charge in [-0.1, -0.05) is 6.07 Å². The topological polar surface area (TPSA) is 76.7 Å². The second-order valence-electron chi connectivity index (χ2n) is 4.15. The van der Waals surface area contributed by atoms with E-state index >= 15 is 0 Å². The fourth-order valence-corrected chi connectivity index (χ4v) is 1.47. The summed E-state index contributed by atoms with van der Waals surface area (Å²) in [5, 5.41) is 5.36. The van der Waals surface area contributed by atoms with Crippen LogP contribution < -0.4 is 20.1 Å². The summed E-state index contributed by atoms with van der Waals surface area (Å²) in [7, 11) is 1.57. The number of methoxy groups -OCH3 is 1. The molecule has 1 aromatic rings. The van der Waals surface area contributed by atoms with Gasteiger partial charge >= 0.3 is 0 Å². The molecule has 20 heavy (non-hydrogen) atoms. The molecular weight excluding hydrogens is 260 g/mol. The second kappa shape index (κ2) is 8.79. The maximum Gasteiger partial charge on any atom is 0.257 e. The van der Waals surface area contributed by atoms with Crippen LogP contribution in [0, 0.1) is 0 Å². The largest absolute Gasteiger partial charge is 0.497 e. The molecule has 1 rings (SSSR count). The standard InChI is InChI=1S/C14H20N2O4/c1-11(17)15-7-4-8-16-14(18)10-20-13-6-3-5-12(9-13)19-2/h3,5-6,9H,4,7-8,10H2,1-2H3,(H,15,17)(H,16,18). The number of benzene rings is 1. The van der Waals surface area contributed by atoms with Crippen molar-refractivity contribution in [2.75, 3.05) is 26.8 Å². The maximum atomic E-state index is 11.5. The van der Waals surface area contributed by atoms with Gasteiger partial charge in [-0.25, -0.2) is 0 Å². The van der Waals surface area contributed by atoms with Gasteiger partial charge < -0.3 is 20.1 Å². The Morgan fingerprint density at radius 1 is 1.15 bits per heavy atom. The van der Waals surface area contributed by atoms with E-state index in [1.807, 2.05) is 0 Å². The summed E-state index contributed by atoms with van der Waals surface area (Å²) in [5.74, 6) is 0.990. The van der Waals surface area contributed by atoms with Gasteiger partial charge in [-0.05, 0) is 18.6 Å². The van der Waals surface area contributed by atoms with Crippen molar-refractivity contribution in [3.8, 4) is 11.5 Å². The summed E-state index contributed by atoms with van der Waals surface area (Å²) in [4.78, 5) is 22.1. The zero-order chi connectivity index (χ0) is 14.8. The van der Waals surface area contributed by atoms with Gasteiger partial charge in [-0.3, -0.25) is 9.59 Å². The molecular formula is C14H20N2O4. The molecule has 0 fully saturated rings. The van der Waals surface area contributed by atoms with E-state index in [4.69, 9.17) is 9.47 Å². The summed E-state index contributed by atoms with van der Waals surface area (Å²) in [6, 6.07) is 7.06. The smallest absolute Gasteiger partial charge is 0.257 e. The van der Waals surface area contributed by atoms with E-state index in [-0.39, 0.29) is 18.4 Å². The van der Waals surface area contributed by atoms with E-state index < -0.39 is 0 Å². The highest BCUT2D eigenvalue weighted by molar-refractivity contribution is 5.77. The first-order chi connectivity index (χ1) is 9.61. The van der Waals surface area contributed by atoms with Crippen molar-refractivity contribution in [2.45, 2.75) is 13.3 Å². The van der Waals surface area contributed by atoms with E-state index in [0.717, 1.165) is 0 Å². The van der Waals surface area contributed by atoms with Gasteiger partial charge in [0.1, 0.15) is 11.5 Å². The third-order valence-corrected chi connectivity index (χ3v) is 2.46. The lowest BCUT2D eigenvalue weighted by molar-refractivity contribution is -0.123. The molecule has 2 N–H and O–H groups in total. The van der Waals surface area contributed by atoms with Crippen LogP contribution in [0.25, 0.3) is 0 Å². The van der Waals surface area contributed by atoms with Crippen LogP contribution in [-0.2, 0) is 9.59 Å². The number of nitrogens with one attached hydrogen (secondary N) is 2. The van der Waals surface area contributed by atoms with Crippen LogP contribution in [0.15, 0.2) is 24.3 Å². The lowest BCUT2D eigenvalue weighted by Crippen LogP contribution is -2.32. The summed E-state index contributed by atoms with van der Waals surface area (Å²) in [5.41, 5.74) is 0. The molecule has 0 radical (unpaired) electrons. The van der Waals surface area contributed by atoms with E-state index in [0.29, 0.717) is 31.0 Å². The van der Waals surface area contributed by atoms with Crippen LogP contribution in [0.3, 0.4) is 0 Å². The Bertz CT molecular complexity index is 449. The number of ether oxygens (including phenoxy) is 2. The second-order valence-corrected chi connectivity index (χ2v) is 4.15. The molecule has 0 saturated heterocycles. The minimum absolute atomic E-state index is 0.0483. The fraction of sp³-hybridized carbons (Fsp3) is 0.429. The maximum absolute atomic E-state index is 11.5. The number of hydrogen-bond acceptors (Lipinski definition) is 4. The molecule has 0 atom stereocenters. The summed E-state index contributed by atoms with van der Waals surface area (Å²) in [6.45, 7) is 2.46. The molecule has 0 aliphatic carbocycles. The quantitative estimate of drug-likeness (QED) is 0.688. The average molecular weight is 280 g/mol. The van der Waals surface area contributed by atoms with Gasteiger partial charge in [0.05, 0.1) is 7.11 Å². The van der Waals surface area contributed by atoms with Crippen LogP contribution in [-0.4, -0.2) is 38.6 Å². The molecule has 0 spiro atoms. The highest BCUT2D eigenvalue weighted by Crippen LogP contribution is 2.18. The first-order valence-electron chi connectivity index (χ1n) is 6.40. The number of amides is 2. The van der Waals surface area contributed by atoms with E-state index in [1.54, 1.807) is 31.4 Å². The lowest BCUT2D eigenvalue weighted by atomic mass is 10.3. The first-order valence-corrected chi connectivity index (χ1v) is 6.40. The van der Waals surface area contributed by atoms with Gasteiger partial charge in [0, 0.05) is 26.1 Å². The molecule has 0 aliphatic rings. The van der Waals surface area contributed by atoms with Crippen molar-refractivity contribution in [3.05, 3.63) is 24.3 Å². The Hall–Kier alpha value is -2.24. The van der Waals surface area contributed by atoms with Crippen LogP contribution in [0.4, 0.5) is 0 Å². The van der Waals surface area contributed by atoms with Crippen molar-refractivity contribution in [2.24, 2.45) is 0 Å². The molecule has 0 aliphatic heterocycles. The van der Waals surface area contributed by atoms with E-state index in [2.05, 4.69) is 10.6 Å².